The summed E-state index contributed by atoms with van der Waals surface area (Å²) in [4.78, 5) is 31.5. The maximum atomic E-state index is 13.2. The molecule has 1 aromatic rings. The Hall–Kier alpha value is -1.59. The van der Waals surface area contributed by atoms with Crippen LogP contribution >= 0.6 is 11.6 Å². The molecule has 142 valence electrons. The van der Waals surface area contributed by atoms with Crippen LogP contribution in [0.4, 0.5) is 0 Å². The Morgan fingerprint density at radius 1 is 1.38 bits per heavy atom. The van der Waals surface area contributed by atoms with E-state index in [4.69, 9.17) is 11.6 Å². The topological polar surface area (TPSA) is 43.9 Å². The maximum Gasteiger partial charge on any atom is 0.228 e. The minimum absolute atomic E-state index is 0.0230. The number of benzene rings is 1. The van der Waals surface area contributed by atoms with Gasteiger partial charge in [0.1, 0.15) is 0 Å². The van der Waals surface area contributed by atoms with E-state index in [2.05, 4.69) is 18.9 Å². The summed E-state index contributed by atoms with van der Waals surface area (Å²) >= 11 is 6.14. The minimum atomic E-state index is -0.325. The molecular formula is C20H28ClN3O2. The number of amides is 2. The average Bonchev–Trinajstić information content (AvgIpc) is 3.19. The van der Waals surface area contributed by atoms with E-state index in [9.17, 15) is 9.59 Å². The van der Waals surface area contributed by atoms with Crippen molar-refractivity contribution in [3.05, 3.63) is 34.9 Å². The summed E-state index contributed by atoms with van der Waals surface area (Å²) in [6.45, 7) is 5.76. The molecule has 2 heterocycles. The second-order valence-electron chi connectivity index (χ2n) is 7.61. The van der Waals surface area contributed by atoms with Crippen LogP contribution in [0.3, 0.4) is 0 Å². The molecule has 2 aliphatic rings. The van der Waals surface area contributed by atoms with Crippen LogP contribution in [0.25, 0.3) is 0 Å². The lowest BCUT2D eigenvalue weighted by atomic mass is 9.92. The van der Waals surface area contributed by atoms with Crippen molar-refractivity contribution in [1.82, 2.24) is 14.7 Å². The third kappa shape index (κ3) is 3.89. The van der Waals surface area contributed by atoms with Crippen molar-refractivity contribution in [3.8, 4) is 0 Å². The van der Waals surface area contributed by atoms with Crippen LogP contribution in [0, 0.1) is 11.8 Å². The standard InChI is InChI=1S/C20H28ClN3O2/c1-4-22(2)12-14-8-9-24(13-14)20(26)17-11-18(25)23(3)19(17)15-6-5-7-16(21)10-15/h5-7,10,14,17,19H,4,8-9,11-13H2,1-3H3/t14-,17+,19+/m0/s1. The first kappa shape index (κ1) is 19.2. The summed E-state index contributed by atoms with van der Waals surface area (Å²) in [7, 11) is 3.90. The summed E-state index contributed by atoms with van der Waals surface area (Å²) in [5, 5.41) is 0.630. The molecule has 2 aliphatic heterocycles. The van der Waals surface area contributed by atoms with Gasteiger partial charge in [0, 0.05) is 38.1 Å². The van der Waals surface area contributed by atoms with E-state index in [1.807, 2.05) is 29.2 Å². The Kier molecular flexibility index (Phi) is 5.88. The molecule has 2 fully saturated rings. The molecule has 0 unspecified atom stereocenters. The second kappa shape index (κ2) is 7.97. The van der Waals surface area contributed by atoms with Crippen LogP contribution in [0.2, 0.25) is 5.02 Å². The fourth-order valence-corrected chi connectivity index (χ4v) is 4.42. The van der Waals surface area contributed by atoms with Crippen LogP contribution < -0.4 is 0 Å². The molecule has 6 heteroatoms. The van der Waals surface area contributed by atoms with Crippen LogP contribution in [0.1, 0.15) is 31.4 Å². The van der Waals surface area contributed by atoms with Crippen LogP contribution in [0.15, 0.2) is 24.3 Å². The summed E-state index contributed by atoms with van der Waals surface area (Å²) < 4.78 is 0. The summed E-state index contributed by atoms with van der Waals surface area (Å²) in [5.74, 6) is 0.320. The van der Waals surface area contributed by atoms with E-state index in [0.29, 0.717) is 10.9 Å². The number of carbonyl (C=O) groups excluding carboxylic acids is 2. The van der Waals surface area contributed by atoms with Crippen molar-refractivity contribution in [1.29, 1.82) is 0 Å². The van der Waals surface area contributed by atoms with Crippen molar-refractivity contribution in [2.75, 3.05) is 40.3 Å². The molecule has 26 heavy (non-hydrogen) atoms. The van der Waals surface area contributed by atoms with Gasteiger partial charge >= 0.3 is 0 Å². The van der Waals surface area contributed by atoms with E-state index in [1.54, 1.807) is 11.9 Å². The highest BCUT2D eigenvalue weighted by Gasteiger charge is 2.45. The number of likely N-dealkylation sites (tertiary alicyclic amines) is 2. The van der Waals surface area contributed by atoms with Crippen molar-refractivity contribution in [2.24, 2.45) is 11.8 Å². The lowest BCUT2D eigenvalue weighted by Gasteiger charge is -2.28. The molecule has 2 saturated heterocycles. The lowest BCUT2D eigenvalue weighted by Crippen LogP contribution is -2.38. The third-order valence-electron chi connectivity index (χ3n) is 5.80. The first-order chi connectivity index (χ1) is 12.4. The van der Waals surface area contributed by atoms with Crippen molar-refractivity contribution < 1.29 is 9.59 Å². The van der Waals surface area contributed by atoms with Gasteiger partial charge in [-0.3, -0.25) is 9.59 Å². The highest BCUT2D eigenvalue weighted by atomic mass is 35.5. The zero-order chi connectivity index (χ0) is 18.8. The van der Waals surface area contributed by atoms with Crippen molar-refractivity contribution in [2.45, 2.75) is 25.8 Å². The molecule has 0 N–H and O–H groups in total. The Morgan fingerprint density at radius 3 is 2.85 bits per heavy atom. The zero-order valence-corrected chi connectivity index (χ0v) is 16.6. The van der Waals surface area contributed by atoms with Crippen LogP contribution in [0.5, 0.6) is 0 Å². The molecule has 0 bridgehead atoms. The fraction of sp³-hybridized carbons (Fsp3) is 0.600. The third-order valence-corrected chi connectivity index (χ3v) is 6.04. The molecule has 0 aromatic heterocycles. The number of halogens is 1. The van der Waals surface area contributed by atoms with Gasteiger partial charge in [0.2, 0.25) is 11.8 Å². The Labute approximate surface area is 160 Å². The average molecular weight is 378 g/mol. The quantitative estimate of drug-likeness (QED) is 0.792. The molecule has 0 spiro atoms. The Balaban J connectivity index is 1.74. The molecule has 0 aliphatic carbocycles. The molecule has 0 radical (unpaired) electrons. The lowest BCUT2D eigenvalue weighted by molar-refractivity contribution is -0.135. The number of hydrogen-bond donors (Lipinski definition) is 0. The Bertz CT molecular complexity index is 681. The molecule has 1 aromatic carbocycles. The van der Waals surface area contributed by atoms with Gasteiger partial charge in [-0.25, -0.2) is 0 Å². The van der Waals surface area contributed by atoms with E-state index in [1.165, 1.54) is 0 Å². The van der Waals surface area contributed by atoms with E-state index in [0.717, 1.165) is 38.2 Å². The smallest absolute Gasteiger partial charge is 0.228 e. The monoisotopic (exact) mass is 377 g/mol. The summed E-state index contributed by atoms with van der Waals surface area (Å²) in [6.07, 6.45) is 1.32. The SMILES string of the molecule is CCN(C)C[C@@H]1CCN(C(=O)[C@@H]2CC(=O)N(C)[C@@H]2c2cccc(Cl)c2)C1. The summed E-state index contributed by atoms with van der Waals surface area (Å²) in [6, 6.07) is 7.28. The number of rotatable bonds is 5. The highest BCUT2D eigenvalue weighted by Crippen LogP contribution is 2.39. The van der Waals surface area contributed by atoms with Crippen molar-refractivity contribution >= 4 is 23.4 Å². The molecule has 2 amide bonds. The first-order valence-electron chi connectivity index (χ1n) is 9.39. The number of carbonyl (C=O) groups is 2. The predicted octanol–water partition coefficient (Wildman–Crippen LogP) is 2.66. The predicted molar refractivity (Wildman–Crippen MR) is 103 cm³/mol. The van der Waals surface area contributed by atoms with Gasteiger partial charge in [-0.05, 0) is 43.6 Å². The first-order valence-corrected chi connectivity index (χ1v) is 9.77. The fourth-order valence-electron chi connectivity index (χ4n) is 4.22. The molecule has 3 rings (SSSR count). The number of nitrogens with zero attached hydrogens (tertiary/aromatic N) is 3. The molecule has 0 saturated carbocycles. The van der Waals surface area contributed by atoms with E-state index in [-0.39, 0.29) is 30.2 Å². The highest BCUT2D eigenvalue weighted by molar-refractivity contribution is 6.30. The van der Waals surface area contributed by atoms with E-state index >= 15 is 0 Å². The van der Waals surface area contributed by atoms with Crippen LogP contribution in [-0.2, 0) is 9.59 Å². The van der Waals surface area contributed by atoms with E-state index < -0.39 is 0 Å². The second-order valence-corrected chi connectivity index (χ2v) is 8.05. The van der Waals surface area contributed by atoms with Gasteiger partial charge in [-0.15, -0.1) is 0 Å². The Morgan fingerprint density at radius 2 is 2.15 bits per heavy atom. The largest absolute Gasteiger partial charge is 0.342 e. The van der Waals surface area contributed by atoms with Crippen molar-refractivity contribution in [3.63, 3.8) is 0 Å². The van der Waals surface area contributed by atoms with Gasteiger partial charge < -0.3 is 14.7 Å². The normalized spacial score (nSPS) is 26.2. The van der Waals surface area contributed by atoms with Crippen LogP contribution in [-0.4, -0.2) is 66.8 Å². The molecule has 5 nitrogen and oxygen atoms in total. The number of hydrogen-bond acceptors (Lipinski definition) is 3. The zero-order valence-electron chi connectivity index (χ0n) is 15.8. The van der Waals surface area contributed by atoms with Gasteiger partial charge in [0.05, 0.1) is 12.0 Å². The van der Waals surface area contributed by atoms with Gasteiger partial charge in [-0.1, -0.05) is 30.7 Å². The van der Waals surface area contributed by atoms with Gasteiger partial charge in [-0.2, -0.15) is 0 Å². The molecule has 3 atom stereocenters. The van der Waals surface area contributed by atoms with Gasteiger partial charge in [0.15, 0.2) is 0 Å². The molecular weight excluding hydrogens is 350 g/mol. The maximum absolute atomic E-state index is 13.2. The minimum Gasteiger partial charge on any atom is -0.342 e. The summed E-state index contributed by atoms with van der Waals surface area (Å²) in [5.41, 5.74) is 0.936. The van der Waals surface area contributed by atoms with Gasteiger partial charge in [0.25, 0.3) is 0 Å².